The zero-order valence-electron chi connectivity index (χ0n) is 14.3. The van der Waals surface area contributed by atoms with Crippen molar-refractivity contribution in [1.82, 2.24) is 0 Å². The van der Waals surface area contributed by atoms with E-state index in [-0.39, 0.29) is 12.3 Å². The van der Waals surface area contributed by atoms with Crippen molar-refractivity contribution in [2.45, 2.75) is 26.7 Å². The predicted molar refractivity (Wildman–Crippen MR) is 95.1 cm³/mol. The van der Waals surface area contributed by atoms with Gasteiger partial charge in [0.2, 0.25) is 5.91 Å². The van der Waals surface area contributed by atoms with E-state index in [1.54, 1.807) is 7.11 Å². The Balaban J connectivity index is 2.17. The van der Waals surface area contributed by atoms with Gasteiger partial charge in [0, 0.05) is 4.88 Å². The lowest BCUT2D eigenvalue weighted by molar-refractivity contribution is -0.115. The lowest BCUT2D eigenvalue weighted by atomic mass is 10.1. The van der Waals surface area contributed by atoms with E-state index in [0.29, 0.717) is 17.0 Å². The van der Waals surface area contributed by atoms with Gasteiger partial charge >= 0.3 is 5.97 Å². The Morgan fingerprint density at radius 3 is 2.38 bits per heavy atom. The molecule has 1 amide bonds. The predicted octanol–water partition coefficient (Wildman–Crippen LogP) is 3.60. The average Bonchev–Trinajstić information content (AvgIpc) is 2.89. The molecule has 1 aromatic carbocycles. The monoisotopic (exact) mass is 347 g/mol. The maximum Gasteiger partial charge on any atom is 0.341 e. The van der Waals surface area contributed by atoms with Crippen LogP contribution in [0.2, 0.25) is 0 Å². The van der Waals surface area contributed by atoms with Crippen LogP contribution in [0.25, 0.3) is 0 Å². The molecule has 0 unspecified atom stereocenters. The summed E-state index contributed by atoms with van der Waals surface area (Å²) >= 11 is 1.40. The SMILES string of the molecule is CCc1c(C)sc(NC(=O)Cc2ccc(OC)cc2)c1C(=O)OC. The number of amides is 1. The Hall–Kier alpha value is -2.34. The number of carbonyl (C=O) groups is 2. The number of rotatable bonds is 6. The molecule has 24 heavy (non-hydrogen) atoms. The van der Waals surface area contributed by atoms with Gasteiger partial charge in [-0.25, -0.2) is 4.79 Å². The number of esters is 1. The van der Waals surface area contributed by atoms with E-state index in [2.05, 4.69) is 5.32 Å². The number of carbonyl (C=O) groups excluding carboxylic acids is 2. The Kier molecular flexibility index (Phi) is 5.98. The van der Waals surface area contributed by atoms with E-state index < -0.39 is 5.97 Å². The molecule has 1 heterocycles. The number of ether oxygens (including phenoxy) is 2. The molecule has 2 rings (SSSR count). The van der Waals surface area contributed by atoms with Gasteiger partial charge in [0.05, 0.1) is 26.2 Å². The molecule has 0 aliphatic rings. The summed E-state index contributed by atoms with van der Waals surface area (Å²) in [5, 5.41) is 3.40. The van der Waals surface area contributed by atoms with Gasteiger partial charge in [-0.15, -0.1) is 11.3 Å². The molecule has 0 saturated heterocycles. The van der Waals surface area contributed by atoms with Crippen LogP contribution in [0.15, 0.2) is 24.3 Å². The molecule has 0 spiro atoms. The van der Waals surface area contributed by atoms with Crippen molar-refractivity contribution in [2.75, 3.05) is 19.5 Å². The number of hydrogen-bond donors (Lipinski definition) is 1. The first-order valence-corrected chi connectivity index (χ1v) is 8.45. The van der Waals surface area contributed by atoms with Crippen LogP contribution in [-0.4, -0.2) is 26.1 Å². The van der Waals surface area contributed by atoms with Gasteiger partial charge in [-0.05, 0) is 36.6 Å². The molecule has 0 aliphatic carbocycles. The highest BCUT2D eigenvalue weighted by Gasteiger charge is 2.22. The number of methoxy groups -OCH3 is 2. The highest BCUT2D eigenvalue weighted by atomic mass is 32.1. The summed E-state index contributed by atoms with van der Waals surface area (Å²) in [7, 11) is 2.94. The van der Waals surface area contributed by atoms with Crippen LogP contribution in [0.3, 0.4) is 0 Å². The molecular weight excluding hydrogens is 326 g/mol. The summed E-state index contributed by atoms with van der Waals surface area (Å²) in [6.07, 6.45) is 0.935. The molecule has 0 bridgehead atoms. The Labute approximate surface area is 145 Å². The molecule has 5 nitrogen and oxygen atoms in total. The largest absolute Gasteiger partial charge is 0.497 e. The molecule has 1 N–H and O–H groups in total. The highest BCUT2D eigenvalue weighted by Crippen LogP contribution is 2.34. The van der Waals surface area contributed by atoms with Gasteiger partial charge in [-0.1, -0.05) is 19.1 Å². The van der Waals surface area contributed by atoms with E-state index in [1.807, 2.05) is 38.1 Å². The molecule has 1 aromatic heterocycles. The summed E-state index contributed by atoms with van der Waals surface area (Å²) in [6.45, 7) is 3.92. The van der Waals surface area contributed by atoms with Crippen molar-refractivity contribution < 1.29 is 19.1 Å². The molecule has 0 aliphatic heterocycles. The molecule has 128 valence electrons. The fourth-order valence-electron chi connectivity index (χ4n) is 2.51. The fraction of sp³-hybridized carbons (Fsp3) is 0.333. The van der Waals surface area contributed by atoms with Crippen LogP contribution in [-0.2, 0) is 22.4 Å². The Morgan fingerprint density at radius 1 is 1.17 bits per heavy atom. The molecular formula is C18H21NO4S. The molecule has 0 fully saturated rings. The molecule has 0 saturated carbocycles. The van der Waals surface area contributed by atoms with E-state index in [1.165, 1.54) is 18.4 Å². The Bertz CT molecular complexity index is 734. The van der Waals surface area contributed by atoms with E-state index in [4.69, 9.17) is 9.47 Å². The van der Waals surface area contributed by atoms with Gasteiger partial charge in [-0.2, -0.15) is 0 Å². The maximum atomic E-state index is 12.3. The van der Waals surface area contributed by atoms with Crippen LogP contribution in [0.4, 0.5) is 5.00 Å². The van der Waals surface area contributed by atoms with Crippen molar-refractivity contribution in [1.29, 1.82) is 0 Å². The van der Waals surface area contributed by atoms with Crippen molar-refractivity contribution in [3.05, 3.63) is 45.8 Å². The standard InChI is InChI=1S/C18H21NO4S/c1-5-14-11(2)24-17(16(14)18(21)23-4)19-15(20)10-12-6-8-13(22-3)9-7-12/h6-9H,5,10H2,1-4H3,(H,19,20). The molecule has 0 radical (unpaired) electrons. The normalized spacial score (nSPS) is 10.3. The number of benzene rings is 1. The van der Waals surface area contributed by atoms with Crippen LogP contribution < -0.4 is 10.1 Å². The van der Waals surface area contributed by atoms with Crippen LogP contribution in [0.1, 0.15) is 33.3 Å². The van der Waals surface area contributed by atoms with E-state index in [0.717, 1.165) is 21.8 Å². The van der Waals surface area contributed by atoms with Gasteiger partial charge in [-0.3, -0.25) is 4.79 Å². The lowest BCUT2D eigenvalue weighted by Crippen LogP contribution is -2.16. The third kappa shape index (κ3) is 3.94. The van der Waals surface area contributed by atoms with Gasteiger partial charge < -0.3 is 14.8 Å². The maximum absolute atomic E-state index is 12.3. The molecule has 6 heteroatoms. The third-order valence-corrected chi connectivity index (χ3v) is 4.79. The topological polar surface area (TPSA) is 64.6 Å². The zero-order valence-corrected chi connectivity index (χ0v) is 15.1. The second-order valence-corrected chi connectivity index (χ2v) is 6.48. The van der Waals surface area contributed by atoms with Gasteiger partial charge in [0.15, 0.2) is 0 Å². The summed E-state index contributed by atoms with van der Waals surface area (Å²) in [5.41, 5.74) is 2.26. The van der Waals surface area contributed by atoms with Crippen LogP contribution in [0.5, 0.6) is 5.75 Å². The smallest absolute Gasteiger partial charge is 0.341 e. The van der Waals surface area contributed by atoms with Crippen molar-refractivity contribution in [3.8, 4) is 5.75 Å². The number of anilines is 1. The summed E-state index contributed by atoms with van der Waals surface area (Å²) < 4.78 is 9.96. The molecule has 2 aromatic rings. The number of aryl methyl sites for hydroxylation is 1. The summed E-state index contributed by atoms with van der Waals surface area (Å²) in [5.74, 6) is 0.152. The highest BCUT2D eigenvalue weighted by molar-refractivity contribution is 7.16. The first-order chi connectivity index (χ1) is 11.5. The average molecular weight is 347 g/mol. The third-order valence-electron chi connectivity index (χ3n) is 3.73. The second-order valence-electron chi connectivity index (χ2n) is 5.26. The van der Waals surface area contributed by atoms with Crippen molar-refractivity contribution in [3.63, 3.8) is 0 Å². The zero-order chi connectivity index (χ0) is 17.7. The van der Waals surface area contributed by atoms with E-state index >= 15 is 0 Å². The van der Waals surface area contributed by atoms with Gasteiger partial charge in [0.1, 0.15) is 10.8 Å². The number of hydrogen-bond acceptors (Lipinski definition) is 5. The summed E-state index contributed by atoms with van der Waals surface area (Å²) in [6, 6.07) is 7.31. The summed E-state index contributed by atoms with van der Waals surface area (Å²) in [4.78, 5) is 25.4. The minimum atomic E-state index is -0.420. The van der Waals surface area contributed by atoms with Crippen molar-refractivity contribution >= 4 is 28.2 Å². The molecule has 0 atom stereocenters. The van der Waals surface area contributed by atoms with Crippen LogP contribution >= 0.6 is 11.3 Å². The quantitative estimate of drug-likeness (QED) is 0.811. The van der Waals surface area contributed by atoms with Gasteiger partial charge in [0.25, 0.3) is 0 Å². The Morgan fingerprint density at radius 2 is 1.83 bits per heavy atom. The van der Waals surface area contributed by atoms with E-state index in [9.17, 15) is 9.59 Å². The van der Waals surface area contributed by atoms with Crippen LogP contribution in [0, 0.1) is 6.92 Å². The van der Waals surface area contributed by atoms with Crippen molar-refractivity contribution in [2.24, 2.45) is 0 Å². The minimum Gasteiger partial charge on any atom is -0.497 e. The fourth-order valence-corrected chi connectivity index (χ4v) is 3.66. The minimum absolute atomic E-state index is 0.172. The second kappa shape index (κ2) is 7.97. The lowest BCUT2D eigenvalue weighted by Gasteiger charge is -2.07. The number of nitrogens with one attached hydrogen (secondary N) is 1. The number of thiophene rings is 1. The first-order valence-electron chi connectivity index (χ1n) is 7.63. The first kappa shape index (κ1) is 18.0.